The van der Waals surface area contributed by atoms with Crippen LogP contribution in [0.1, 0.15) is 26.7 Å². The highest BCUT2D eigenvalue weighted by Crippen LogP contribution is 2.03. The zero-order valence-electron chi connectivity index (χ0n) is 6.20. The summed E-state index contributed by atoms with van der Waals surface area (Å²) in [6.45, 7) is 5.69. The fourth-order valence-electron chi connectivity index (χ4n) is 0.595. The molecule has 0 saturated heterocycles. The molecule has 0 aliphatic heterocycles. The fraction of sp³-hybridized carbons (Fsp3) is 1.00. The third-order valence-electron chi connectivity index (χ3n) is 1.58. The fourth-order valence-corrected chi connectivity index (χ4v) is 0.595. The predicted octanol–water partition coefficient (Wildman–Crippen LogP) is 1.64. The standard InChI is InChI=1S/C7H17N/c1-4-7(2)5-6-8-3/h7-8H,4-6H2,1-3H3/t7-/m0/s1. The zero-order chi connectivity index (χ0) is 6.41. The molecule has 0 radical (unpaired) electrons. The summed E-state index contributed by atoms with van der Waals surface area (Å²) in [5.74, 6) is 0.891. The van der Waals surface area contributed by atoms with Crippen molar-refractivity contribution in [2.45, 2.75) is 26.7 Å². The first kappa shape index (κ1) is 7.96. The molecule has 0 heterocycles. The van der Waals surface area contributed by atoms with E-state index in [1.54, 1.807) is 0 Å². The van der Waals surface area contributed by atoms with E-state index < -0.39 is 0 Å². The van der Waals surface area contributed by atoms with Crippen LogP contribution in [0.4, 0.5) is 0 Å². The first-order valence-electron chi connectivity index (χ1n) is 3.45. The van der Waals surface area contributed by atoms with E-state index in [1.165, 1.54) is 12.8 Å². The number of hydrogen-bond acceptors (Lipinski definition) is 1. The maximum absolute atomic E-state index is 3.13. The molecule has 1 N–H and O–H groups in total. The summed E-state index contributed by atoms with van der Waals surface area (Å²) in [6, 6.07) is 0. The Morgan fingerprint density at radius 1 is 1.50 bits per heavy atom. The van der Waals surface area contributed by atoms with Crippen LogP contribution < -0.4 is 5.32 Å². The maximum Gasteiger partial charge on any atom is -0.00494 e. The quantitative estimate of drug-likeness (QED) is 0.587. The zero-order valence-corrected chi connectivity index (χ0v) is 6.20. The lowest BCUT2D eigenvalue weighted by Gasteiger charge is -2.05. The van der Waals surface area contributed by atoms with Crippen molar-refractivity contribution >= 4 is 0 Å². The number of nitrogens with one attached hydrogen (secondary N) is 1. The van der Waals surface area contributed by atoms with E-state index in [2.05, 4.69) is 19.2 Å². The first-order valence-corrected chi connectivity index (χ1v) is 3.45. The van der Waals surface area contributed by atoms with Gasteiger partial charge in [-0.05, 0) is 25.9 Å². The van der Waals surface area contributed by atoms with Crippen LogP contribution in [0, 0.1) is 5.92 Å². The van der Waals surface area contributed by atoms with E-state index >= 15 is 0 Å². The van der Waals surface area contributed by atoms with Gasteiger partial charge in [0.15, 0.2) is 0 Å². The number of hydrogen-bond donors (Lipinski definition) is 1. The largest absolute Gasteiger partial charge is 0.320 e. The van der Waals surface area contributed by atoms with Crippen LogP contribution in [-0.4, -0.2) is 13.6 Å². The lowest BCUT2D eigenvalue weighted by molar-refractivity contribution is 0.503. The van der Waals surface area contributed by atoms with Crippen molar-refractivity contribution in [1.82, 2.24) is 5.32 Å². The van der Waals surface area contributed by atoms with Crippen LogP contribution in [0.15, 0.2) is 0 Å². The van der Waals surface area contributed by atoms with Gasteiger partial charge in [0.1, 0.15) is 0 Å². The molecule has 0 spiro atoms. The van der Waals surface area contributed by atoms with Crippen molar-refractivity contribution in [2.75, 3.05) is 13.6 Å². The third kappa shape index (κ3) is 4.13. The summed E-state index contributed by atoms with van der Waals surface area (Å²) >= 11 is 0. The monoisotopic (exact) mass is 115 g/mol. The molecular formula is C7H17N. The van der Waals surface area contributed by atoms with E-state index in [-0.39, 0.29) is 0 Å². The third-order valence-corrected chi connectivity index (χ3v) is 1.58. The van der Waals surface area contributed by atoms with Gasteiger partial charge in [-0.3, -0.25) is 0 Å². The Kier molecular flexibility index (Phi) is 5.08. The second-order valence-electron chi connectivity index (χ2n) is 2.41. The summed E-state index contributed by atoms with van der Waals surface area (Å²) in [7, 11) is 2.00. The number of rotatable bonds is 4. The average molecular weight is 115 g/mol. The van der Waals surface area contributed by atoms with Gasteiger partial charge in [0.05, 0.1) is 0 Å². The van der Waals surface area contributed by atoms with Crippen molar-refractivity contribution < 1.29 is 0 Å². The Labute approximate surface area is 52.5 Å². The molecule has 1 heteroatoms. The molecule has 0 amide bonds. The predicted molar refractivity (Wildman–Crippen MR) is 38.0 cm³/mol. The molecule has 0 aliphatic rings. The van der Waals surface area contributed by atoms with Crippen LogP contribution in [-0.2, 0) is 0 Å². The van der Waals surface area contributed by atoms with Crippen LogP contribution in [0.3, 0.4) is 0 Å². The molecule has 1 nitrogen and oxygen atoms in total. The second kappa shape index (κ2) is 5.10. The molecule has 0 saturated carbocycles. The van der Waals surface area contributed by atoms with Crippen molar-refractivity contribution in [3.8, 4) is 0 Å². The summed E-state index contributed by atoms with van der Waals surface area (Å²) in [4.78, 5) is 0. The van der Waals surface area contributed by atoms with Crippen LogP contribution in [0.25, 0.3) is 0 Å². The SMILES string of the molecule is CC[C@H](C)CCNC. The molecular weight excluding hydrogens is 98.1 g/mol. The molecule has 1 atom stereocenters. The smallest absolute Gasteiger partial charge is 0.00494 e. The molecule has 0 rings (SSSR count). The molecule has 0 aliphatic carbocycles. The van der Waals surface area contributed by atoms with E-state index in [1.807, 2.05) is 7.05 Å². The van der Waals surface area contributed by atoms with E-state index in [0.29, 0.717) is 0 Å². The summed E-state index contributed by atoms with van der Waals surface area (Å²) in [5, 5.41) is 3.13. The highest BCUT2D eigenvalue weighted by molar-refractivity contribution is 4.50. The molecule has 0 bridgehead atoms. The van der Waals surface area contributed by atoms with Gasteiger partial charge in [-0.2, -0.15) is 0 Å². The van der Waals surface area contributed by atoms with Gasteiger partial charge in [0.2, 0.25) is 0 Å². The van der Waals surface area contributed by atoms with Crippen LogP contribution in [0.5, 0.6) is 0 Å². The van der Waals surface area contributed by atoms with Crippen LogP contribution >= 0.6 is 0 Å². The molecule has 0 fully saturated rings. The molecule has 8 heavy (non-hydrogen) atoms. The Hall–Kier alpha value is -0.0400. The minimum Gasteiger partial charge on any atom is -0.320 e. The Balaban J connectivity index is 2.86. The summed E-state index contributed by atoms with van der Waals surface area (Å²) in [6.07, 6.45) is 2.62. The van der Waals surface area contributed by atoms with Crippen molar-refractivity contribution in [1.29, 1.82) is 0 Å². The summed E-state index contributed by atoms with van der Waals surface area (Å²) in [5.41, 5.74) is 0. The van der Waals surface area contributed by atoms with Gasteiger partial charge in [-0.25, -0.2) is 0 Å². The molecule has 0 aromatic carbocycles. The van der Waals surface area contributed by atoms with Gasteiger partial charge in [-0.1, -0.05) is 20.3 Å². The average Bonchev–Trinajstić information content (AvgIpc) is 1.83. The van der Waals surface area contributed by atoms with E-state index in [4.69, 9.17) is 0 Å². The Bertz CT molecular complexity index is 43.7. The summed E-state index contributed by atoms with van der Waals surface area (Å²) < 4.78 is 0. The molecule has 0 aromatic heterocycles. The highest BCUT2D eigenvalue weighted by atomic mass is 14.8. The van der Waals surface area contributed by atoms with Gasteiger partial charge in [-0.15, -0.1) is 0 Å². The molecule has 0 unspecified atom stereocenters. The van der Waals surface area contributed by atoms with Gasteiger partial charge in [0, 0.05) is 0 Å². The lowest BCUT2D eigenvalue weighted by atomic mass is 10.1. The second-order valence-corrected chi connectivity index (χ2v) is 2.41. The topological polar surface area (TPSA) is 12.0 Å². The van der Waals surface area contributed by atoms with E-state index in [0.717, 1.165) is 12.5 Å². The lowest BCUT2D eigenvalue weighted by Crippen LogP contribution is -2.10. The van der Waals surface area contributed by atoms with Crippen LogP contribution in [0.2, 0.25) is 0 Å². The minimum atomic E-state index is 0.891. The maximum atomic E-state index is 3.13. The first-order chi connectivity index (χ1) is 3.81. The molecule has 0 aromatic rings. The molecule has 50 valence electrons. The van der Waals surface area contributed by atoms with Gasteiger partial charge >= 0.3 is 0 Å². The van der Waals surface area contributed by atoms with Gasteiger partial charge < -0.3 is 5.32 Å². The highest BCUT2D eigenvalue weighted by Gasteiger charge is 1.94. The minimum absolute atomic E-state index is 0.891. The van der Waals surface area contributed by atoms with Crippen molar-refractivity contribution in [3.05, 3.63) is 0 Å². The Morgan fingerprint density at radius 2 is 2.12 bits per heavy atom. The normalized spacial score (nSPS) is 13.9. The van der Waals surface area contributed by atoms with E-state index in [9.17, 15) is 0 Å². The van der Waals surface area contributed by atoms with Crippen molar-refractivity contribution in [2.24, 2.45) is 5.92 Å². The van der Waals surface area contributed by atoms with Gasteiger partial charge in [0.25, 0.3) is 0 Å². The van der Waals surface area contributed by atoms with Crippen molar-refractivity contribution in [3.63, 3.8) is 0 Å². The Morgan fingerprint density at radius 3 is 2.50 bits per heavy atom.